The highest BCUT2D eigenvalue weighted by Crippen LogP contribution is 2.15. The zero-order valence-electron chi connectivity index (χ0n) is 13.2. The van der Waals surface area contributed by atoms with E-state index in [-0.39, 0.29) is 0 Å². The van der Waals surface area contributed by atoms with Crippen LogP contribution in [0.25, 0.3) is 0 Å². The molecule has 1 N–H and O–H groups in total. The fourth-order valence-electron chi connectivity index (χ4n) is 2.45. The minimum absolute atomic E-state index is 0.647. The molecule has 4 heteroatoms. The zero-order valence-corrected chi connectivity index (χ0v) is 13.2. The van der Waals surface area contributed by atoms with Crippen LogP contribution in [-0.2, 0) is 13.0 Å². The molecule has 0 aromatic carbocycles. The number of nitrogens with one attached hydrogen (secondary N) is 1. The molecule has 0 radical (unpaired) electrons. The van der Waals surface area contributed by atoms with Crippen molar-refractivity contribution in [3.05, 3.63) is 12.2 Å². The van der Waals surface area contributed by atoms with Gasteiger partial charge in [0, 0.05) is 13.0 Å². The highest BCUT2D eigenvalue weighted by molar-refractivity contribution is 4.88. The number of rotatable bonds is 9. The summed E-state index contributed by atoms with van der Waals surface area (Å²) in [6.45, 7) is 14.3. The van der Waals surface area contributed by atoms with Crippen molar-refractivity contribution in [3.8, 4) is 0 Å². The van der Waals surface area contributed by atoms with Gasteiger partial charge in [-0.15, -0.1) is 0 Å². The maximum Gasteiger partial charge on any atom is 0.138 e. The maximum atomic E-state index is 4.40. The topological polar surface area (TPSA) is 42.7 Å². The molecular weight excluding hydrogens is 236 g/mol. The van der Waals surface area contributed by atoms with E-state index in [1.54, 1.807) is 6.33 Å². The molecule has 0 aliphatic carbocycles. The monoisotopic (exact) mass is 266 g/mol. The standard InChI is InChI=1S/C15H30N4/c1-6-19-15(17-11-18-19)8-14(7-12(2)3)10-16-9-13(4)5/h11-14,16H,6-10H2,1-5H3. The summed E-state index contributed by atoms with van der Waals surface area (Å²) in [6.07, 6.45) is 3.94. The lowest BCUT2D eigenvalue weighted by Gasteiger charge is -2.20. The van der Waals surface area contributed by atoms with E-state index in [1.165, 1.54) is 6.42 Å². The largest absolute Gasteiger partial charge is 0.316 e. The summed E-state index contributed by atoms with van der Waals surface area (Å²) in [5, 5.41) is 7.84. The Kier molecular flexibility index (Phi) is 7.06. The Hall–Kier alpha value is -0.900. The normalized spacial score (nSPS) is 13.4. The van der Waals surface area contributed by atoms with Gasteiger partial charge in [-0.1, -0.05) is 27.7 Å². The van der Waals surface area contributed by atoms with Gasteiger partial charge in [-0.2, -0.15) is 5.10 Å². The molecule has 1 unspecified atom stereocenters. The first-order valence-corrected chi connectivity index (χ1v) is 7.60. The van der Waals surface area contributed by atoms with Crippen LogP contribution in [0.5, 0.6) is 0 Å². The highest BCUT2D eigenvalue weighted by Gasteiger charge is 2.15. The molecule has 0 saturated carbocycles. The lowest BCUT2D eigenvalue weighted by atomic mass is 9.93. The van der Waals surface area contributed by atoms with Crippen molar-refractivity contribution in [3.63, 3.8) is 0 Å². The third-order valence-corrected chi connectivity index (χ3v) is 3.26. The first-order valence-electron chi connectivity index (χ1n) is 7.60. The SMILES string of the molecule is CCn1ncnc1CC(CNCC(C)C)CC(C)C. The molecule has 0 amide bonds. The average Bonchev–Trinajstić information content (AvgIpc) is 2.74. The summed E-state index contributed by atoms with van der Waals surface area (Å²) in [5.74, 6) is 3.20. The van der Waals surface area contributed by atoms with E-state index >= 15 is 0 Å². The van der Waals surface area contributed by atoms with Gasteiger partial charge in [-0.25, -0.2) is 4.98 Å². The van der Waals surface area contributed by atoms with Crippen molar-refractivity contribution < 1.29 is 0 Å². The van der Waals surface area contributed by atoms with Crippen LogP contribution in [0.1, 0.15) is 46.9 Å². The van der Waals surface area contributed by atoms with E-state index in [2.05, 4.69) is 50.0 Å². The van der Waals surface area contributed by atoms with Gasteiger partial charge in [0.15, 0.2) is 0 Å². The Morgan fingerprint density at radius 2 is 1.89 bits per heavy atom. The lowest BCUT2D eigenvalue weighted by Crippen LogP contribution is -2.29. The van der Waals surface area contributed by atoms with Gasteiger partial charge < -0.3 is 5.32 Å². The summed E-state index contributed by atoms with van der Waals surface area (Å²) >= 11 is 0. The molecule has 0 aliphatic heterocycles. The van der Waals surface area contributed by atoms with E-state index < -0.39 is 0 Å². The summed E-state index contributed by atoms with van der Waals surface area (Å²) in [4.78, 5) is 4.40. The molecule has 1 heterocycles. The van der Waals surface area contributed by atoms with Crippen molar-refractivity contribution in [2.45, 2.75) is 54.0 Å². The lowest BCUT2D eigenvalue weighted by molar-refractivity contribution is 0.365. The third kappa shape index (κ3) is 6.19. The number of aryl methyl sites for hydroxylation is 1. The van der Waals surface area contributed by atoms with Crippen LogP contribution in [0.4, 0.5) is 0 Å². The number of nitrogens with zero attached hydrogens (tertiary/aromatic N) is 3. The predicted octanol–water partition coefficient (Wildman–Crippen LogP) is 2.75. The Bertz CT molecular complexity index is 344. The molecule has 0 aliphatic rings. The van der Waals surface area contributed by atoms with Crippen molar-refractivity contribution in [1.82, 2.24) is 20.1 Å². The van der Waals surface area contributed by atoms with Crippen molar-refractivity contribution in [2.75, 3.05) is 13.1 Å². The molecule has 0 fully saturated rings. The van der Waals surface area contributed by atoms with Crippen LogP contribution in [0.3, 0.4) is 0 Å². The Morgan fingerprint density at radius 3 is 2.47 bits per heavy atom. The first-order chi connectivity index (χ1) is 9.02. The quantitative estimate of drug-likeness (QED) is 0.747. The third-order valence-electron chi connectivity index (χ3n) is 3.26. The van der Waals surface area contributed by atoms with E-state index in [9.17, 15) is 0 Å². The minimum Gasteiger partial charge on any atom is -0.316 e. The molecule has 19 heavy (non-hydrogen) atoms. The predicted molar refractivity (Wildman–Crippen MR) is 80.1 cm³/mol. The summed E-state index contributed by atoms with van der Waals surface area (Å²) in [6, 6.07) is 0. The van der Waals surface area contributed by atoms with Gasteiger partial charge in [0.1, 0.15) is 12.2 Å². The zero-order chi connectivity index (χ0) is 14.3. The van der Waals surface area contributed by atoms with Crippen LogP contribution in [-0.4, -0.2) is 27.9 Å². The van der Waals surface area contributed by atoms with Gasteiger partial charge in [-0.05, 0) is 44.2 Å². The summed E-state index contributed by atoms with van der Waals surface area (Å²) in [7, 11) is 0. The number of hydrogen-bond acceptors (Lipinski definition) is 3. The average molecular weight is 266 g/mol. The van der Waals surface area contributed by atoms with Gasteiger partial charge in [0.2, 0.25) is 0 Å². The van der Waals surface area contributed by atoms with E-state index in [1.807, 2.05) is 4.68 Å². The molecule has 110 valence electrons. The Morgan fingerprint density at radius 1 is 1.16 bits per heavy atom. The van der Waals surface area contributed by atoms with E-state index in [4.69, 9.17) is 0 Å². The van der Waals surface area contributed by atoms with Crippen molar-refractivity contribution in [1.29, 1.82) is 0 Å². The van der Waals surface area contributed by atoms with Crippen LogP contribution >= 0.6 is 0 Å². The summed E-state index contributed by atoms with van der Waals surface area (Å²) < 4.78 is 2.01. The minimum atomic E-state index is 0.647. The second-order valence-electron chi connectivity index (χ2n) is 6.24. The molecule has 0 bridgehead atoms. The second kappa shape index (κ2) is 8.31. The van der Waals surface area contributed by atoms with Crippen molar-refractivity contribution in [2.24, 2.45) is 17.8 Å². The van der Waals surface area contributed by atoms with E-state index in [0.717, 1.165) is 37.8 Å². The van der Waals surface area contributed by atoms with Crippen LogP contribution in [0.15, 0.2) is 6.33 Å². The highest BCUT2D eigenvalue weighted by atomic mass is 15.3. The van der Waals surface area contributed by atoms with Gasteiger partial charge in [0.25, 0.3) is 0 Å². The van der Waals surface area contributed by atoms with Crippen LogP contribution < -0.4 is 5.32 Å². The van der Waals surface area contributed by atoms with Crippen LogP contribution in [0, 0.1) is 17.8 Å². The van der Waals surface area contributed by atoms with E-state index in [0.29, 0.717) is 11.8 Å². The molecule has 1 rings (SSSR count). The molecule has 1 aromatic heterocycles. The molecular formula is C15H30N4. The first kappa shape index (κ1) is 16.2. The van der Waals surface area contributed by atoms with Crippen molar-refractivity contribution >= 4 is 0 Å². The molecule has 1 atom stereocenters. The Labute approximate surface area is 118 Å². The molecule has 0 saturated heterocycles. The molecule has 1 aromatic rings. The summed E-state index contributed by atoms with van der Waals surface area (Å²) in [5.41, 5.74) is 0. The number of aromatic nitrogens is 3. The van der Waals surface area contributed by atoms with Gasteiger partial charge >= 0.3 is 0 Å². The van der Waals surface area contributed by atoms with Gasteiger partial charge in [0.05, 0.1) is 0 Å². The fourth-order valence-corrected chi connectivity index (χ4v) is 2.45. The second-order valence-corrected chi connectivity index (χ2v) is 6.24. The fraction of sp³-hybridized carbons (Fsp3) is 0.867. The smallest absolute Gasteiger partial charge is 0.138 e. The maximum absolute atomic E-state index is 4.40. The Balaban J connectivity index is 2.53. The number of hydrogen-bond donors (Lipinski definition) is 1. The van der Waals surface area contributed by atoms with Gasteiger partial charge in [-0.3, -0.25) is 4.68 Å². The molecule has 4 nitrogen and oxygen atoms in total. The molecule has 0 spiro atoms. The van der Waals surface area contributed by atoms with Crippen LogP contribution in [0.2, 0.25) is 0 Å².